The lowest BCUT2D eigenvalue weighted by molar-refractivity contribution is 0.171. The second-order valence-corrected chi connectivity index (χ2v) is 7.07. The van der Waals surface area contributed by atoms with E-state index in [1.54, 1.807) is 7.11 Å². The van der Waals surface area contributed by atoms with E-state index in [-0.39, 0.29) is 11.8 Å². The molecule has 2 N–H and O–H groups in total. The summed E-state index contributed by atoms with van der Waals surface area (Å²) in [7, 11) is -1.59. The summed E-state index contributed by atoms with van der Waals surface area (Å²) in [4.78, 5) is 0. The van der Waals surface area contributed by atoms with E-state index in [0.717, 1.165) is 25.8 Å². The monoisotopic (exact) mass is 294 g/mol. The molecule has 0 aromatic heterocycles. The van der Waals surface area contributed by atoms with Gasteiger partial charge in [-0.3, -0.25) is 0 Å². The molecule has 0 bridgehead atoms. The third-order valence-electron chi connectivity index (χ3n) is 2.74. The molecule has 0 aliphatic rings. The molecule has 5 nitrogen and oxygen atoms in total. The molecule has 0 rings (SSSR count). The van der Waals surface area contributed by atoms with Crippen molar-refractivity contribution >= 4 is 10.0 Å². The largest absolute Gasteiger partial charge is 0.383 e. The van der Waals surface area contributed by atoms with Gasteiger partial charge in [-0.25, -0.2) is 13.1 Å². The van der Waals surface area contributed by atoms with Crippen molar-refractivity contribution in [2.45, 2.75) is 58.5 Å². The van der Waals surface area contributed by atoms with Crippen molar-refractivity contribution in [3.8, 4) is 0 Å². The molecule has 0 heterocycles. The third kappa shape index (κ3) is 11.4. The fourth-order valence-corrected chi connectivity index (χ4v) is 3.24. The lowest BCUT2D eigenvalue weighted by atomic mass is 10.2. The zero-order valence-corrected chi connectivity index (χ0v) is 13.6. The Morgan fingerprint density at radius 1 is 1.21 bits per heavy atom. The van der Waals surface area contributed by atoms with E-state index < -0.39 is 10.0 Å². The average molecular weight is 294 g/mol. The van der Waals surface area contributed by atoms with Crippen LogP contribution in [0.1, 0.15) is 46.5 Å². The van der Waals surface area contributed by atoms with Crippen molar-refractivity contribution in [1.82, 2.24) is 10.0 Å². The normalized spacial score (nSPS) is 13.9. The van der Waals surface area contributed by atoms with Crippen LogP contribution >= 0.6 is 0 Å². The van der Waals surface area contributed by atoms with Crippen molar-refractivity contribution in [3.63, 3.8) is 0 Å². The average Bonchev–Trinajstić information content (AvgIpc) is 2.28. The smallest absolute Gasteiger partial charge is 0.211 e. The molecule has 0 saturated carbocycles. The molecule has 0 saturated heterocycles. The topological polar surface area (TPSA) is 67.4 Å². The number of hydrogen-bond donors (Lipinski definition) is 2. The van der Waals surface area contributed by atoms with E-state index in [1.807, 2.05) is 6.92 Å². The highest BCUT2D eigenvalue weighted by Gasteiger charge is 2.16. The molecule has 1 unspecified atom stereocenters. The van der Waals surface area contributed by atoms with Crippen molar-refractivity contribution in [3.05, 3.63) is 0 Å². The van der Waals surface area contributed by atoms with Crippen molar-refractivity contribution in [2.75, 3.05) is 26.0 Å². The van der Waals surface area contributed by atoms with Gasteiger partial charge in [0.15, 0.2) is 0 Å². The van der Waals surface area contributed by atoms with Crippen molar-refractivity contribution < 1.29 is 13.2 Å². The molecule has 0 radical (unpaired) electrons. The van der Waals surface area contributed by atoms with Crippen LogP contribution in [0.2, 0.25) is 0 Å². The fourth-order valence-electron chi connectivity index (χ4n) is 1.85. The van der Waals surface area contributed by atoms with Crippen LogP contribution in [0.25, 0.3) is 0 Å². The predicted octanol–water partition coefficient (Wildman–Crippen LogP) is 1.50. The summed E-state index contributed by atoms with van der Waals surface area (Å²) in [6, 6.07) is 0.346. The highest BCUT2D eigenvalue weighted by molar-refractivity contribution is 7.89. The van der Waals surface area contributed by atoms with Gasteiger partial charge in [-0.05, 0) is 25.8 Å². The fraction of sp³-hybridized carbons (Fsp3) is 1.00. The number of nitrogens with one attached hydrogen (secondary N) is 2. The first-order valence-electron chi connectivity index (χ1n) is 7.13. The molecule has 0 fully saturated rings. The number of unbranched alkanes of at least 4 members (excludes halogenated alkanes) is 1. The first-order chi connectivity index (χ1) is 8.91. The zero-order valence-electron chi connectivity index (χ0n) is 12.7. The molecule has 6 heteroatoms. The standard InChI is InChI=1S/C13H30N2O3S/c1-5-8-13(11-18-4)15-19(16,17)10-7-6-9-14-12(2)3/h12-15H,5-11H2,1-4H3. The van der Waals surface area contributed by atoms with Gasteiger partial charge in [0.1, 0.15) is 0 Å². The Bertz CT molecular complexity index is 299. The lowest BCUT2D eigenvalue weighted by Gasteiger charge is -2.17. The molecule has 0 aliphatic carbocycles. The van der Waals surface area contributed by atoms with Gasteiger partial charge in [-0.15, -0.1) is 0 Å². The van der Waals surface area contributed by atoms with Gasteiger partial charge in [-0.2, -0.15) is 0 Å². The van der Waals surface area contributed by atoms with Gasteiger partial charge in [0, 0.05) is 19.2 Å². The van der Waals surface area contributed by atoms with E-state index in [1.165, 1.54) is 0 Å². The van der Waals surface area contributed by atoms with Gasteiger partial charge >= 0.3 is 0 Å². The number of sulfonamides is 1. The minimum absolute atomic E-state index is 0.103. The van der Waals surface area contributed by atoms with E-state index >= 15 is 0 Å². The van der Waals surface area contributed by atoms with Crippen LogP contribution in [0, 0.1) is 0 Å². The Hall–Kier alpha value is -0.170. The maximum absolute atomic E-state index is 11.9. The zero-order chi connectivity index (χ0) is 14.7. The van der Waals surface area contributed by atoms with Crippen LogP contribution < -0.4 is 10.0 Å². The molecular weight excluding hydrogens is 264 g/mol. The molecule has 19 heavy (non-hydrogen) atoms. The van der Waals surface area contributed by atoms with Crippen LogP contribution in [0.3, 0.4) is 0 Å². The van der Waals surface area contributed by atoms with Crippen LogP contribution in [-0.2, 0) is 14.8 Å². The summed E-state index contributed by atoms with van der Waals surface area (Å²) in [6.45, 7) is 7.50. The number of methoxy groups -OCH3 is 1. The Labute approximate surface area is 118 Å². The highest BCUT2D eigenvalue weighted by atomic mass is 32.2. The maximum atomic E-state index is 11.9. The summed E-state index contributed by atoms with van der Waals surface area (Å²) >= 11 is 0. The van der Waals surface area contributed by atoms with Gasteiger partial charge in [-0.1, -0.05) is 27.2 Å². The summed E-state index contributed by atoms with van der Waals surface area (Å²) < 4.78 is 31.6. The number of ether oxygens (including phenoxy) is 1. The van der Waals surface area contributed by atoms with Gasteiger partial charge < -0.3 is 10.1 Å². The van der Waals surface area contributed by atoms with Crippen molar-refractivity contribution in [2.24, 2.45) is 0 Å². The van der Waals surface area contributed by atoms with Crippen LogP contribution in [0.5, 0.6) is 0 Å². The van der Waals surface area contributed by atoms with Crippen LogP contribution in [0.4, 0.5) is 0 Å². The third-order valence-corrected chi connectivity index (χ3v) is 4.26. The molecule has 116 valence electrons. The van der Waals surface area contributed by atoms with Gasteiger partial charge in [0.05, 0.1) is 12.4 Å². The molecule has 0 amide bonds. The summed E-state index contributed by atoms with van der Waals surface area (Å²) in [5.41, 5.74) is 0. The Balaban J connectivity index is 3.95. The van der Waals surface area contributed by atoms with Crippen LogP contribution in [-0.4, -0.2) is 46.5 Å². The Kier molecular flexibility index (Phi) is 10.5. The highest BCUT2D eigenvalue weighted by Crippen LogP contribution is 2.02. The quantitative estimate of drug-likeness (QED) is 0.535. The number of rotatable bonds is 12. The van der Waals surface area contributed by atoms with E-state index in [9.17, 15) is 8.42 Å². The second-order valence-electron chi connectivity index (χ2n) is 5.19. The van der Waals surface area contributed by atoms with Crippen LogP contribution in [0.15, 0.2) is 0 Å². The minimum Gasteiger partial charge on any atom is -0.383 e. The summed E-state index contributed by atoms with van der Waals surface area (Å²) in [5.74, 6) is 0.191. The van der Waals surface area contributed by atoms with E-state index in [0.29, 0.717) is 19.1 Å². The summed E-state index contributed by atoms with van der Waals surface area (Å²) in [6.07, 6.45) is 3.31. The summed E-state index contributed by atoms with van der Waals surface area (Å²) in [5, 5.41) is 3.28. The van der Waals surface area contributed by atoms with E-state index in [4.69, 9.17) is 4.74 Å². The second kappa shape index (κ2) is 10.6. The molecule has 0 spiro atoms. The van der Waals surface area contributed by atoms with Gasteiger partial charge in [0.25, 0.3) is 0 Å². The van der Waals surface area contributed by atoms with Gasteiger partial charge in [0.2, 0.25) is 10.0 Å². The Morgan fingerprint density at radius 3 is 2.42 bits per heavy atom. The number of hydrogen-bond acceptors (Lipinski definition) is 4. The van der Waals surface area contributed by atoms with E-state index in [2.05, 4.69) is 23.9 Å². The first-order valence-corrected chi connectivity index (χ1v) is 8.78. The lowest BCUT2D eigenvalue weighted by Crippen LogP contribution is -2.39. The molecule has 0 aromatic carbocycles. The Morgan fingerprint density at radius 2 is 1.89 bits per heavy atom. The minimum atomic E-state index is -3.18. The molecule has 0 aliphatic heterocycles. The molecule has 1 atom stereocenters. The first kappa shape index (κ1) is 18.8. The molecule has 0 aromatic rings. The predicted molar refractivity (Wildman–Crippen MR) is 79.9 cm³/mol. The maximum Gasteiger partial charge on any atom is 0.211 e. The van der Waals surface area contributed by atoms with Crippen molar-refractivity contribution in [1.29, 1.82) is 0 Å². The SMILES string of the molecule is CCCC(COC)NS(=O)(=O)CCCCNC(C)C. The molecular formula is C13H30N2O3S.